The van der Waals surface area contributed by atoms with E-state index < -0.39 is 0 Å². The van der Waals surface area contributed by atoms with Crippen molar-refractivity contribution < 1.29 is 0 Å². The van der Waals surface area contributed by atoms with Gasteiger partial charge in [-0.15, -0.1) is 0 Å². The van der Waals surface area contributed by atoms with Crippen molar-refractivity contribution in [1.82, 2.24) is 25.7 Å². The second kappa shape index (κ2) is 5.87. The molecule has 1 unspecified atom stereocenters. The summed E-state index contributed by atoms with van der Waals surface area (Å²) in [6.07, 6.45) is 7.96. The van der Waals surface area contributed by atoms with Crippen molar-refractivity contribution in [2.24, 2.45) is 11.8 Å². The summed E-state index contributed by atoms with van der Waals surface area (Å²) < 4.78 is 0. The van der Waals surface area contributed by atoms with Crippen molar-refractivity contribution in [2.45, 2.75) is 18.9 Å². The molecular formula is C15H24N6. The molecule has 0 aliphatic carbocycles. The highest BCUT2D eigenvalue weighted by molar-refractivity contribution is 5.36. The molecule has 3 saturated heterocycles. The van der Waals surface area contributed by atoms with Crippen LogP contribution < -0.4 is 15.8 Å². The maximum absolute atomic E-state index is 4.45. The fourth-order valence-corrected chi connectivity index (χ4v) is 4.06. The third kappa shape index (κ3) is 2.88. The van der Waals surface area contributed by atoms with Gasteiger partial charge in [-0.1, -0.05) is 0 Å². The van der Waals surface area contributed by atoms with Gasteiger partial charge in [-0.25, -0.2) is 4.98 Å². The van der Waals surface area contributed by atoms with Crippen LogP contribution in [0.15, 0.2) is 18.6 Å². The number of rotatable bonds is 3. The Hall–Kier alpha value is -1.24. The van der Waals surface area contributed by atoms with Crippen LogP contribution in [0.4, 0.5) is 5.82 Å². The van der Waals surface area contributed by atoms with E-state index in [0.717, 1.165) is 37.3 Å². The van der Waals surface area contributed by atoms with E-state index in [-0.39, 0.29) is 0 Å². The number of anilines is 1. The van der Waals surface area contributed by atoms with E-state index in [4.69, 9.17) is 0 Å². The molecule has 0 saturated carbocycles. The SMILES string of the molecule is c1cnc(N2CC[C@H]3CN(CC4CCNN4)C[C@H]3C2)cn1. The van der Waals surface area contributed by atoms with Crippen LogP contribution in [0, 0.1) is 11.8 Å². The minimum absolute atomic E-state index is 0.626. The summed E-state index contributed by atoms with van der Waals surface area (Å²) in [6.45, 7) is 7.06. The smallest absolute Gasteiger partial charge is 0.147 e. The maximum Gasteiger partial charge on any atom is 0.147 e. The van der Waals surface area contributed by atoms with Crippen molar-refractivity contribution >= 4 is 5.82 Å². The molecule has 3 atom stereocenters. The molecule has 114 valence electrons. The van der Waals surface area contributed by atoms with Crippen LogP contribution in [0.2, 0.25) is 0 Å². The summed E-state index contributed by atoms with van der Waals surface area (Å²) in [5, 5.41) is 0. The van der Waals surface area contributed by atoms with Crippen LogP contribution in [0.5, 0.6) is 0 Å². The lowest BCUT2D eigenvalue weighted by Crippen LogP contribution is -2.40. The number of fused-ring (bicyclic) bond motifs is 1. The molecule has 1 aromatic rings. The van der Waals surface area contributed by atoms with Crippen molar-refractivity contribution in [2.75, 3.05) is 44.2 Å². The summed E-state index contributed by atoms with van der Waals surface area (Å²) in [5.74, 6) is 2.69. The fraction of sp³-hybridized carbons (Fsp3) is 0.733. The number of piperidine rings is 1. The molecule has 21 heavy (non-hydrogen) atoms. The zero-order chi connectivity index (χ0) is 14.1. The number of nitrogens with zero attached hydrogens (tertiary/aromatic N) is 4. The van der Waals surface area contributed by atoms with E-state index in [1.807, 2.05) is 6.20 Å². The van der Waals surface area contributed by atoms with Gasteiger partial charge in [-0.2, -0.15) is 0 Å². The molecule has 0 aromatic carbocycles. The zero-order valence-electron chi connectivity index (χ0n) is 12.4. The number of likely N-dealkylation sites (tertiary alicyclic amines) is 1. The van der Waals surface area contributed by atoms with Gasteiger partial charge >= 0.3 is 0 Å². The standard InChI is InChI=1S/C15H24N6/c1-3-18-19-14(1)11-20-8-12-2-6-21(10-13(12)9-20)15-7-16-4-5-17-15/h4-5,7,12-14,18-19H,1-3,6,8-11H2/t12-,13-,14?/m0/s1. The number of hydrazine groups is 1. The molecular weight excluding hydrogens is 264 g/mol. The molecule has 4 rings (SSSR count). The van der Waals surface area contributed by atoms with Crippen molar-refractivity contribution in [3.63, 3.8) is 0 Å². The number of aromatic nitrogens is 2. The third-order valence-electron chi connectivity index (χ3n) is 5.15. The third-order valence-corrected chi connectivity index (χ3v) is 5.15. The van der Waals surface area contributed by atoms with E-state index in [1.165, 1.54) is 32.5 Å². The van der Waals surface area contributed by atoms with Crippen LogP contribution in [0.1, 0.15) is 12.8 Å². The quantitative estimate of drug-likeness (QED) is 0.823. The van der Waals surface area contributed by atoms with Gasteiger partial charge in [-0.05, 0) is 24.7 Å². The summed E-state index contributed by atoms with van der Waals surface area (Å²) in [5.41, 5.74) is 6.62. The predicted octanol–water partition coefficient (Wildman–Crippen LogP) is 0.101. The summed E-state index contributed by atoms with van der Waals surface area (Å²) in [4.78, 5) is 13.7. The highest BCUT2D eigenvalue weighted by Crippen LogP contribution is 2.32. The Bertz CT molecular complexity index is 460. The first-order chi connectivity index (χ1) is 10.4. The monoisotopic (exact) mass is 288 g/mol. The van der Waals surface area contributed by atoms with Crippen molar-refractivity contribution in [3.8, 4) is 0 Å². The molecule has 0 spiro atoms. The average molecular weight is 288 g/mol. The number of hydrogen-bond donors (Lipinski definition) is 2. The van der Waals surface area contributed by atoms with Crippen LogP contribution >= 0.6 is 0 Å². The van der Waals surface area contributed by atoms with E-state index in [9.17, 15) is 0 Å². The second-order valence-electron chi connectivity index (χ2n) is 6.59. The average Bonchev–Trinajstić information content (AvgIpc) is 3.16. The largest absolute Gasteiger partial charge is 0.355 e. The van der Waals surface area contributed by atoms with Crippen LogP contribution in [-0.2, 0) is 0 Å². The maximum atomic E-state index is 4.45. The molecule has 0 bridgehead atoms. The predicted molar refractivity (Wildman–Crippen MR) is 81.8 cm³/mol. The molecule has 0 radical (unpaired) electrons. The minimum atomic E-state index is 0.626. The summed E-state index contributed by atoms with van der Waals surface area (Å²) in [7, 11) is 0. The second-order valence-corrected chi connectivity index (χ2v) is 6.59. The molecule has 6 nitrogen and oxygen atoms in total. The van der Waals surface area contributed by atoms with Gasteiger partial charge in [0.1, 0.15) is 5.82 Å². The summed E-state index contributed by atoms with van der Waals surface area (Å²) >= 11 is 0. The first kappa shape index (κ1) is 13.4. The Balaban J connectivity index is 1.35. The lowest BCUT2D eigenvalue weighted by atomic mass is 9.89. The van der Waals surface area contributed by atoms with E-state index >= 15 is 0 Å². The molecule has 3 aliphatic heterocycles. The van der Waals surface area contributed by atoms with Crippen LogP contribution in [-0.4, -0.2) is 60.2 Å². The van der Waals surface area contributed by atoms with Gasteiger partial charge in [0, 0.05) is 57.7 Å². The normalized spacial score (nSPS) is 33.3. The molecule has 1 aromatic heterocycles. The molecule has 2 N–H and O–H groups in total. The fourth-order valence-electron chi connectivity index (χ4n) is 4.06. The highest BCUT2D eigenvalue weighted by Gasteiger charge is 2.38. The Kier molecular flexibility index (Phi) is 3.75. The number of nitrogens with one attached hydrogen (secondary N) is 2. The lowest BCUT2D eigenvalue weighted by molar-refractivity contribution is 0.286. The molecule has 3 aliphatic rings. The molecule has 6 heteroatoms. The zero-order valence-corrected chi connectivity index (χ0v) is 12.4. The summed E-state index contributed by atoms with van der Waals surface area (Å²) in [6, 6.07) is 0.626. The first-order valence-corrected chi connectivity index (χ1v) is 8.10. The topological polar surface area (TPSA) is 56.3 Å². The van der Waals surface area contributed by atoms with Gasteiger partial charge in [-0.3, -0.25) is 15.8 Å². The minimum Gasteiger partial charge on any atom is -0.355 e. The van der Waals surface area contributed by atoms with Gasteiger partial charge in [0.05, 0.1) is 6.20 Å². The van der Waals surface area contributed by atoms with Crippen molar-refractivity contribution in [3.05, 3.63) is 18.6 Å². The lowest BCUT2D eigenvalue weighted by Gasteiger charge is -2.34. The van der Waals surface area contributed by atoms with Crippen molar-refractivity contribution in [1.29, 1.82) is 0 Å². The van der Waals surface area contributed by atoms with Crippen LogP contribution in [0.25, 0.3) is 0 Å². The van der Waals surface area contributed by atoms with Gasteiger partial charge in [0.25, 0.3) is 0 Å². The van der Waals surface area contributed by atoms with Gasteiger partial charge in [0.15, 0.2) is 0 Å². The Labute approximate surface area is 125 Å². The van der Waals surface area contributed by atoms with Gasteiger partial charge in [0.2, 0.25) is 0 Å². The van der Waals surface area contributed by atoms with E-state index in [0.29, 0.717) is 6.04 Å². The van der Waals surface area contributed by atoms with E-state index in [1.54, 1.807) is 12.4 Å². The Morgan fingerprint density at radius 3 is 2.90 bits per heavy atom. The first-order valence-electron chi connectivity index (χ1n) is 8.10. The van der Waals surface area contributed by atoms with E-state index in [2.05, 4.69) is 30.6 Å². The molecule has 3 fully saturated rings. The van der Waals surface area contributed by atoms with Crippen LogP contribution in [0.3, 0.4) is 0 Å². The highest BCUT2D eigenvalue weighted by atomic mass is 15.4. The molecule has 0 amide bonds. The van der Waals surface area contributed by atoms with Gasteiger partial charge < -0.3 is 9.80 Å². The number of hydrogen-bond acceptors (Lipinski definition) is 6. The Morgan fingerprint density at radius 1 is 1.14 bits per heavy atom. The molecule has 4 heterocycles. The Morgan fingerprint density at radius 2 is 2.10 bits per heavy atom.